The van der Waals surface area contributed by atoms with Crippen molar-refractivity contribution in [2.75, 3.05) is 0 Å². The third kappa shape index (κ3) is 1.67. The van der Waals surface area contributed by atoms with Crippen molar-refractivity contribution in [3.8, 4) is 0 Å². The van der Waals surface area contributed by atoms with E-state index in [0.717, 1.165) is 23.4 Å². The van der Waals surface area contributed by atoms with Gasteiger partial charge < -0.3 is 0 Å². The Morgan fingerprint density at radius 1 is 1.31 bits per heavy atom. The van der Waals surface area contributed by atoms with Crippen LogP contribution >= 0.6 is 11.3 Å². The van der Waals surface area contributed by atoms with Crippen LogP contribution in [-0.2, 0) is 12.8 Å². The largest absolute Gasteiger partial charge is 0.294 e. The molecule has 0 saturated heterocycles. The molecule has 80 valence electrons. The Bertz CT molecular complexity index is 531. The van der Waals surface area contributed by atoms with Gasteiger partial charge in [-0.15, -0.1) is 11.3 Å². The molecule has 0 N–H and O–H groups in total. The topological polar surface area (TPSA) is 30.0 Å². The number of benzene rings is 1. The van der Waals surface area contributed by atoms with Crippen molar-refractivity contribution in [3.05, 3.63) is 51.5 Å². The van der Waals surface area contributed by atoms with Crippen molar-refractivity contribution in [1.82, 2.24) is 4.98 Å². The van der Waals surface area contributed by atoms with Crippen LogP contribution in [0.25, 0.3) is 0 Å². The summed E-state index contributed by atoms with van der Waals surface area (Å²) >= 11 is 1.67. The summed E-state index contributed by atoms with van der Waals surface area (Å²) in [5, 5.41) is 3.12. The Morgan fingerprint density at radius 2 is 2.25 bits per heavy atom. The molecule has 0 atom stereocenters. The fraction of sp³-hybridized carbons (Fsp3) is 0.231. The van der Waals surface area contributed by atoms with E-state index in [2.05, 4.69) is 11.1 Å². The van der Waals surface area contributed by atoms with Crippen LogP contribution in [-0.4, -0.2) is 10.8 Å². The van der Waals surface area contributed by atoms with E-state index in [1.54, 1.807) is 11.3 Å². The highest BCUT2D eigenvalue weighted by Gasteiger charge is 2.19. The molecule has 0 saturated carbocycles. The van der Waals surface area contributed by atoms with Crippen LogP contribution in [0.5, 0.6) is 0 Å². The molecular formula is C13H11NOS. The Labute approximate surface area is 98.0 Å². The Hall–Kier alpha value is -1.48. The summed E-state index contributed by atoms with van der Waals surface area (Å²) < 4.78 is 0. The minimum atomic E-state index is 0.288. The monoisotopic (exact) mass is 229 g/mol. The minimum absolute atomic E-state index is 0.288. The van der Waals surface area contributed by atoms with Crippen molar-refractivity contribution >= 4 is 17.1 Å². The molecule has 3 heteroatoms. The van der Waals surface area contributed by atoms with E-state index < -0.39 is 0 Å². The highest BCUT2D eigenvalue weighted by atomic mass is 32.1. The summed E-state index contributed by atoms with van der Waals surface area (Å²) in [6.07, 6.45) is 4.28. The first-order valence-corrected chi connectivity index (χ1v) is 6.24. The van der Waals surface area contributed by atoms with Gasteiger partial charge in [-0.1, -0.05) is 18.2 Å². The molecule has 0 spiro atoms. The lowest BCUT2D eigenvalue weighted by Crippen LogP contribution is -1.93. The first-order valence-electron chi connectivity index (χ1n) is 5.36. The van der Waals surface area contributed by atoms with E-state index in [4.69, 9.17) is 0 Å². The molecule has 0 bridgehead atoms. The first-order chi connectivity index (χ1) is 7.83. The van der Waals surface area contributed by atoms with Crippen molar-refractivity contribution in [2.24, 2.45) is 0 Å². The summed E-state index contributed by atoms with van der Waals surface area (Å²) in [6, 6.07) is 6.17. The van der Waals surface area contributed by atoms with Gasteiger partial charge in [0.05, 0.1) is 5.01 Å². The van der Waals surface area contributed by atoms with Gasteiger partial charge >= 0.3 is 0 Å². The zero-order valence-corrected chi connectivity index (χ0v) is 9.59. The van der Waals surface area contributed by atoms with Gasteiger partial charge in [0.25, 0.3) is 0 Å². The fourth-order valence-corrected chi connectivity index (χ4v) is 2.78. The number of carbonyl (C=O) groups excluding carboxylic acids is 1. The quantitative estimate of drug-likeness (QED) is 0.792. The standard InChI is InChI=1S/C13H11NOS/c15-12-4-2-10-7-9(1-3-11(10)12)8-13-14-5-6-16-13/h1,3,5-7H,2,4,8H2. The smallest absolute Gasteiger partial charge is 0.163 e. The summed E-state index contributed by atoms with van der Waals surface area (Å²) in [7, 11) is 0. The zero-order chi connectivity index (χ0) is 11.0. The molecule has 1 aromatic carbocycles. The number of Topliss-reactive ketones (excluding diaryl/α,β-unsaturated/α-hetero) is 1. The van der Waals surface area contributed by atoms with Gasteiger partial charge in [0.1, 0.15) is 0 Å². The highest BCUT2D eigenvalue weighted by molar-refractivity contribution is 7.09. The number of aromatic nitrogens is 1. The molecule has 1 aliphatic rings. The maximum absolute atomic E-state index is 11.5. The summed E-state index contributed by atoms with van der Waals surface area (Å²) in [4.78, 5) is 15.8. The SMILES string of the molecule is O=C1CCc2cc(Cc3nccs3)ccc21. The summed E-state index contributed by atoms with van der Waals surface area (Å²) in [5.74, 6) is 0.288. The fourth-order valence-electron chi connectivity index (χ4n) is 2.13. The molecule has 1 aliphatic carbocycles. The molecular weight excluding hydrogens is 218 g/mol. The van der Waals surface area contributed by atoms with Crippen molar-refractivity contribution < 1.29 is 4.79 Å². The predicted molar refractivity (Wildman–Crippen MR) is 64.0 cm³/mol. The van der Waals surface area contributed by atoms with Gasteiger partial charge in [-0.05, 0) is 17.5 Å². The van der Waals surface area contributed by atoms with E-state index in [0.29, 0.717) is 6.42 Å². The molecule has 0 radical (unpaired) electrons. The maximum Gasteiger partial charge on any atom is 0.163 e. The second-order valence-corrected chi connectivity index (χ2v) is 5.00. The van der Waals surface area contributed by atoms with Crippen LogP contribution in [0.3, 0.4) is 0 Å². The third-order valence-electron chi connectivity index (χ3n) is 2.93. The van der Waals surface area contributed by atoms with Gasteiger partial charge in [0, 0.05) is 30.0 Å². The van der Waals surface area contributed by atoms with Crippen molar-refractivity contribution in [2.45, 2.75) is 19.3 Å². The third-order valence-corrected chi connectivity index (χ3v) is 3.71. The molecule has 0 aliphatic heterocycles. The number of carbonyl (C=O) groups is 1. The average Bonchev–Trinajstić information content (AvgIpc) is 2.90. The molecule has 3 rings (SSSR count). The van der Waals surface area contributed by atoms with E-state index in [-0.39, 0.29) is 5.78 Å². The number of aryl methyl sites for hydroxylation is 1. The van der Waals surface area contributed by atoms with E-state index >= 15 is 0 Å². The number of hydrogen-bond donors (Lipinski definition) is 0. The van der Waals surface area contributed by atoms with Gasteiger partial charge in [0.2, 0.25) is 0 Å². The van der Waals surface area contributed by atoms with Crippen LogP contribution in [0.15, 0.2) is 29.8 Å². The minimum Gasteiger partial charge on any atom is -0.294 e. The van der Waals surface area contributed by atoms with Gasteiger partial charge in [-0.2, -0.15) is 0 Å². The number of hydrogen-bond acceptors (Lipinski definition) is 3. The molecule has 1 heterocycles. The number of fused-ring (bicyclic) bond motifs is 1. The normalized spacial score (nSPS) is 14.1. The molecule has 16 heavy (non-hydrogen) atoms. The first kappa shape index (κ1) is 9.73. The van der Waals surface area contributed by atoms with Gasteiger partial charge in [0.15, 0.2) is 5.78 Å². The lowest BCUT2D eigenvalue weighted by molar-refractivity contribution is 0.0994. The number of nitrogens with zero attached hydrogens (tertiary/aromatic N) is 1. The summed E-state index contributed by atoms with van der Waals surface area (Å²) in [5.41, 5.74) is 3.38. The lowest BCUT2D eigenvalue weighted by atomic mass is 10.0. The molecule has 1 aromatic heterocycles. The van der Waals surface area contributed by atoms with Crippen LogP contribution in [0, 0.1) is 0 Å². The Balaban J connectivity index is 1.90. The van der Waals surface area contributed by atoms with E-state index in [1.807, 2.05) is 23.7 Å². The molecule has 0 unspecified atom stereocenters. The lowest BCUT2D eigenvalue weighted by Gasteiger charge is -2.02. The Morgan fingerprint density at radius 3 is 3.06 bits per heavy atom. The second kappa shape index (κ2) is 3.83. The van der Waals surface area contributed by atoms with Crippen molar-refractivity contribution in [1.29, 1.82) is 0 Å². The zero-order valence-electron chi connectivity index (χ0n) is 8.77. The van der Waals surface area contributed by atoms with Crippen LogP contribution in [0.4, 0.5) is 0 Å². The molecule has 0 fully saturated rings. The van der Waals surface area contributed by atoms with Crippen LogP contribution < -0.4 is 0 Å². The highest BCUT2D eigenvalue weighted by Crippen LogP contribution is 2.24. The average molecular weight is 229 g/mol. The van der Waals surface area contributed by atoms with E-state index in [1.165, 1.54) is 11.1 Å². The molecule has 2 nitrogen and oxygen atoms in total. The number of thiazole rings is 1. The van der Waals surface area contributed by atoms with Gasteiger partial charge in [-0.25, -0.2) is 4.98 Å². The number of rotatable bonds is 2. The summed E-state index contributed by atoms with van der Waals surface area (Å²) in [6.45, 7) is 0. The van der Waals surface area contributed by atoms with E-state index in [9.17, 15) is 4.79 Å². The number of ketones is 1. The maximum atomic E-state index is 11.5. The second-order valence-electron chi connectivity index (χ2n) is 4.02. The Kier molecular flexibility index (Phi) is 2.33. The molecule has 2 aromatic rings. The van der Waals surface area contributed by atoms with Crippen LogP contribution in [0.1, 0.15) is 32.9 Å². The van der Waals surface area contributed by atoms with Crippen LogP contribution in [0.2, 0.25) is 0 Å². The van der Waals surface area contributed by atoms with Crippen molar-refractivity contribution in [3.63, 3.8) is 0 Å². The van der Waals surface area contributed by atoms with Gasteiger partial charge in [-0.3, -0.25) is 4.79 Å². The molecule has 0 amide bonds. The predicted octanol–water partition coefficient (Wildman–Crippen LogP) is 2.86.